The Hall–Kier alpha value is -2.23. The van der Waals surface area contributed by atoms with Gasteiger partial charge in [-0.05, 0) is 36.8 Å². The number of hydrogen-bond acceptors (Lipinski definition) is 4. The van der Waals surface area contributed by atoms with Gasteiger partial charge in [0, 0.05) is 12.2 Å². The van der Waals surface area contributed by atoms with Crippen molar-refractivity contribution >= 4 is 17.1 Å². The lowest BCUT2D eigenvalue weighted by Gasteiger charge is -2.09. The number of methoxy groups -OCH3 is 1. The Morgan fingerprint density at radius 2 is 1.79 bits per heavy atom. The maximum Gasteiger partial charge on any atom is 0.119 e. The van der Waals surface area contributed by atoms with Crippen molar-refractivity contribution in [2.24, 2.45) is 0 Å². The number of ether oxygens (including phenoxy) is 1. The second-order valence-corrected chi connectivity index (χ2v) is 4.24. The summed E-state index contributed by atoms with van der Waals surface area (Å²) < 4.78 is 5.13. The van der Waals surface area contributed by atoms with Gasteiger partial charge in [0.05, 0.1) is 30.9 Å². The van der Waals surface area contributed by atoms with E-state index in [-0.39, 0.29) is 0 Å². The standard InChI is InChI=1S/C15H19N3O/c1-3-8-17-13-9-14(11-16-10-13)18-12-4-6-15(19-2)7-5-12/h4-7,9-11,17-18H,3,8H2,1-2H3. The van der Waals surface area contributed by atoms with Gasteiger partial charge in [0.1, 0.15) is 5.75 Å². The molecule has 0 amide bonds. The number of nitrogens with one attached hydrogen (secondary N) is 2. The van der Waals surface area contributed by atoms with E-state index in [9.17, 15) is 0 Å². The van der Waals surface area contributed by atoms with Crippen molar-refractivity contribution in [1.82, 2.24) is 4.98 Å². The zero-order valence-corrected chi connectivity index (χ0v) is 11.3. The molecule has 0 saturated carbocycles. The lowest BCUT2D eigenvalue weighted by Crippen LogP contribution is -2.01. The third-order valence-electron chi connectivity index (χ3n) is 2.70. The molecule has 0 aliphatic heterocycles. The number of hydrogen-bond donors (Lipinski definition) is 2. The van der Waals surface area contributed by atoms with Crippen LogP contribution in [0.2, 0.25) is 0 Å². The summed E-state index contributed by atoms with van der Waals surface area (Å²) in [5.74, 6) is 0.849. The van der Waals surface area contributed by atoms with E-state index in [1.807, 2.05) is 36.5 Å². The molecule has 100 valence electrons. The number of aromatic nitrogens is 1. The summed E-state index contributed by atoms with van der Waals surface area (Å²) in [4.78, 5) is 4.22. The van der Waals surface area contributed by atoms with Crippen molar-refractivity contribution in [3.05, 3.63) is 42.7 Å². The second kappa shape index (κ2) is 6.64. The van der Waals surface area contributed by atoms with Gasteiger partial charge in [-0.25, -0.2) is 0 Å². The van der Waals surface area contributed by atoms with Crippen LogP contribution in [0.1, 0.15) is 13.3 Å². The van der Waals surface area contributed by atoms with Crippen LogP contribution < -0.4 is 15.4 Å². The number of nitrogens with zero attached hydrogens (tertiary/aromatic N) is 1. The van der Waals surface area contributed by atoms with Gasteiger partial charge in [-0.3, -0.25) is 4.98 Å². The average Bonchev–Trinajstić information content (AvgIpc) is 2.46. The van der Waals surface area contributed by atoms with E-state index < -0.39 is 0 Å². The Bertz CT molecular complexity index is 511. The second-order valence-electron chi connectivity index (χ2n) is 4.24. The van der Waals surface area contributed by atoms with Crippen LogP contribution in [-0.4, -0.2) is 18.6 Å². The van der Waals surface area contributed by atoms with Gasteiger partial charge in [-0.15, -0.1) is 0 Å². The van der Waals surface area contributed by atoms with E-state index in [0.717, 1.165) is 35.8 Å². The predicted octanol–water partition coefficient (Wildman–Crippen LogP) is 3.66. The highest BCUT2D eigenvalue weighted by Crippen LogP contribution is 2.21. The van der Waals surface area contributed by atoms with Crippen molar-refractivity contribution in [2.75, 3.05) is 24.3 Å². The van der Waals surface area contributed by atoms with Crippen molar-refractivity contribution in [3.63, 3.8) is 0 Å². The zero-order valence-electron chi connectivity index (χ0n) is 11.3. The maximum atomic E-state index is 5.13. The van der Waals surface area contributed by atoms with E-state index in [1.54, 1.807) is 13.3 Å². The van der Waals surface area contributed by atoms with Gasteiger partial charge in [-0.2, -0.15) is 0 Å². The first-order valence-corrected chi connectivity index (χ1v) is 6.42. The molecule has 0 saturated heterocycles. The molecule has 0 aliphatic rings. The monoisotopic (exact) mass is 257 g/mol. The molecule has 2 N–H and O–H groups in total. The van der Waals surface area contributed by atoms with Crippen LogP contribution in [0.5, 0.6) is 5.75 Å². The molecule has 19 heavy (non-hydrogen) atoms. The van der Waals surface area contributed by atoms with Crippen LogP contribution in [0.4, 0.5) is 17.1 Å². The van der Waals surface area contributed by atoms with Crippen molar-refractivity contribution in [3.8, 4) is 5.75 Å². The molecule has 4 heteroatoms. The third-order valence-corrected chi connectivity index (χ3v) is 2.70. The van der Waals surface area contributed by atoms with E-state index >= 15 is 0 Å². The van der Waals surface area contributed by atoms with E-state index in [0.29, 0.717) is 0 Å². The van der Waals surface area contributed by atoms with E-state index in [4.69, 9.17) is 4.74 Å². The molecular weight excluding hydrogens is 238 g/mol. The highest BCUT2D eigenvalue weighted by atomic mass is 16.5. The minimum absolute atomic E-state index is 0.849. The highest BCUT2D eigenvalue weighted by Gasteiger charge is 1.98. The zero-order chi connectivity index (χ0) is 13.5. The molecular formula is C15H19N3O. The van der Waals surface area contributed by atoms with Gasteiger partial charge in [0.25, 0.3) is 0 Å². The van der Waals surface area contributed by atoms with Crippen LogP contribution in [0.3, 0.4) is 0 Å². The summed E-state index contributed by atoms with van der Waals surface area (Å²) in [6, 6.07) is 9.85. The normalized spacial score (nSPS) is 10.0. The number of rotatable bonds is 6. The first-order chi connectivity index (χ1) is 9.31. The first-order valence-electron chi connectivity index (χ1n) is 6.42. The van der Waals surface area contributed by atoms with E-state index in [2.05, 4.69) is 22.5 Å². The molecule has 4 nitrogen and oxygen atoms in total. The Morgan fingerprint density at radius 3 is 2.47 bits per heavy atom. The third kappa shape index (κ3) is 3.88. The van der Waals surface area contributed by atoms with Gasteiger partial charge in [0.2, 0.25) is 0 Å². The largest absolute Gasteiger partial charge is 0.497 e. The van der Waals surface area contributed by atoms with Crippen molar-refractivity contribution in [2.45, 2.75) is 13.3 Å². The molecule has 0 radical (unpaired) electrons. The van der Waals surface area contributed by atoms with Crippen molar-refractivity contribution in [1.29, 1.82) is 0 Å². The molecule has 0 atom stereocenters. The topological polar surface area (TPSA) is 46.2 Å². The Morgan fingerprint density at radius 1 is 1.05 bits per heavy atom. The minimum Gasteiger partial charge on any atom is -0.497 e. The van der Waals surface area contributed by atoms with Gasteiger partial charge in [0.15, 0.2) is 0 Å². The van der Waals surface area contributed by atoms with Gasteiger partial charge < -0.3 is 15.4 Å². The van der Waals surface area contributed by atoms with E-state index in [1.165, 1.54) is 0 Å². The fraction of sp³-hybridized carbons (Fsp3) is 0.267. The fourth-order valence-corrected chi connectivity index (χ4v) is 1.72. The van der Waals surface area contributed by atoms with Crippen LogP contribution in [-0.2, 0) is 0 Å². The van der Waals surface area contributed by atoms with Crippen LogP contribution in [0.15, 0.2) is 42.7 Å². The highest BCUT2D eigenvalue weighted by molar-refractivity contribution is 5.63. The number of pyridine rings is 1. The van der Waals surface area contributed by atoms with Crippen LogP contribution in [0.25, 0.3) is 0 Å². The first kappa shape index (κ1) is 13.2. The summed E-state index contributed by atoms with van der Waals surface area (Å²) >= 11 is 0. The molecule has 0 aliphatic carbocycles. The molecule has 0 spiro atoms. The maximum absolute atomic E-state index is 5.13. The Balaban J connectivity index is 2.05. The summed E-state index contributed by atoms with van der Waals surface area (Å²) in [5, 5.41) is 6.63. The van der Waals surface area contributed by atoms with Crippen LogP contribution in [0, 0.1) is 0 Å². The molecule has 1 aromatic carbocycles. The summed E-state index contributed by atoms with van der Waals surface area (Å²) in [6.07, 6.45) is 4.73. The molecule has 1 aromatic heterocycles. The lowest BCUT2D eigenvalue weighted by molar-refractivity contribution is 0.415. The summed E-state index contributed by atoms with van der Waals surface area (Å²) in [5.41, 5.74) is 3.00. The van der Waals surface area contributed by atoms with Gasteiger partial charge in [-0.1, -0.05) is 6.92 Å². The molecule has 1 heterocycles. The molecule has 0 fully saturated rings. The molecule has 2 aromatic rings. The predicted molar refractivity (Wildman–Crippen MR) is 79.3 cm³/mol. The smallest absolute Gasteiger partial charge is 0.119 e. The average molecular weight is 257 g/mol. The van der Waals surface area contributed by atoms with Crippen LogP contribution >= 0.6 is 0 Å². The Kier molecular flexibility index (Phi) is 4.61. The molecule has 0 unspecified atom stereocenters. The number of anilines is 3. The fourth-order valence-electron chi connectivity index (χ4n) is 1.72. The summed E-state index contributed by atoms with van der Waals surface area (Å²) in [7, 11) is 1.66. The lowest BCUT2D eigenvalue weighted by atomic mass is 10.3. The minimum atomic E-state index is 0.849. The van der Waals surface area contributed by atoms with Crippen molar-refractivity contribution < 1.29 is 4.74 Å². The summed E-state index contributed by atoms with van der Waals surface area (Å²) in [6.45, 7) is 3.09. The molecule has 0 bridgehead atoms. The number of benzene rings is 1. The van der Waals surface area contributed by atoms with Gasteiger partial charge >= 0.3 is 0 Å². The Labute approximate surface area is 113 Å². The molecule has 2 rings (SSSR count). The SMILES string of the molecule is CCCNc1cncc(Nc2ccc(OC)cc2)c1. The quantitative estimate of drug-likeness (QED) is 0.829.